The number of carbonyl (C=O) groups excluding carboxylic acids is 1. The number of hydrogen-bond acceptors (Lipinski definition) is 5. The molecule has 7 nitrogen and oxygen atoms in total. The number of halogens is 4. The van der Waals surface area contributed by atoms with Gasteiger partial charge in [-0.3, -0.25) is 14.2 Å². The van der Waals surface area contributed by atoms with Crippen molar-refractivity contribution in [1.82, 2.24) is 9.55 Å². The molecular weight excluding hydrogens is 709 g/mol. The third kappa shape index (κ3) is 7.21. The largest absolute Gasteiger partial charge is 0.376 e. The number of fused-ring (bicyclic) bond motifs is 1. The Labute approximate surface area is 288 Å². The molecule has 0 aliphatic heterocycles. The molecule has 46 heavy (non-hydrogen) atoms. The highest BCUT2D eigenvalue weighted by Crippen LogP contribution is 2.34. The van der Waals surface area contributed by atoms with Crippen LogP contribution in [0.1, 0.15) is 11.4 Å². The summed E-state index contributed by atoms with van der Waals surface area (Å²) in [6.45, 7) is 0.0535. The molecule has 11 heteroatoms. The third-order valence-corrected chi connectivity index (χ3v) is 8.57. The van der Waals surface area contributed by atoms with Crippen LogP contribution in [0.3, 0.4) is 0 Å². The monoisotopic (exact) mass is 731 g/mol. The van der Waals surface area contributed by atoms with E-state index in [1.807, 2.05) is 60.7 Å². The molecule has 0 saturated carbocycles. The van der Waals surface area contributed by atoms with E-state index in [2.05, 4.69) is 31.9 Å². The molecule has 1 aromatic heterocycles. The molecule has 6 rings (SSSR count). The number of aromatic nitrogens is 2. The minimum atomic E-state index is -0.209. The average Bonchev–Trinajstić information content (AvgIpc) is 3.05. The topological polar surface area (TPSA) is 88.1 Å². The number of para-hydroxylation sites is 2. The van der Waals surface area contributed by atoms with Crippen molar-refractivity contribution in [1.29, 1.82) is 0 Å². The molecule has 230 valence electrons. The lowest BCUT2D eigenvalue weighted by Crippen LogP contribution is -2.24. The van der Waals surface area contributed by atoms with Crippen molar-refractivity contribution in [2.24, 2.45) is 0 Å². The fourth-order valence-corrected chi connectivity index (χ4v) is 5.94. The van der Waals surface area contributed by atoms with Crippen LogP contribution in [0.4, 0.5) is 22.7 Å². The van der Waals surface area contributed by atoms with Gasteiger partial charge in [-0.25, -0.2) is 4.98 Å². The van der Waals surface area contributed by atoms with E-state index >= 15 is 0 Å². The van der Waals surface area contributed by atoms with Crippen molar-refractivity contribution in [3.63, 3.8) is 0 Å². The first kappa shape index (κ1) is 31.6. The fraction of sp³-hybridized carbons (Fsp3) is 0.0571. The van der Waals surface area contributed by atoms with Gasteiger partial charge < -0.3 is 16.0 Å². The maximum atomic E-state index is 14.0. The number of hydrogen-bond donors (Lipinski definition) is 3. The summed E-state index contributed by atoms with van der Waals surface area (Å²) in [5.74, 6) is 0.335. The summed E-state index contributed by atoms with van der Waals surface area (Å²) in [4.78, 5) is 31.4. The summed E-state index contributed by atoms with van der Waals surface area (Å²) in [5, 5.41) is 11.4. The normalized spacial score (nSPS) is 11.0. The summed E-state index contributed by atoms with van der Waals surface area (Å²) < 4.78 is 2.39. The van der Waals surface area contributed by atoms with Crippen LogP contribution in [0, 0.1) is 0 Å². The van der Waals surface area contributed by atoms with Crippen molar-refractivity contribution in [3.8, 4) is 5.69 Å². The quantitative estimate of drug-likeness (QED) is 0.138. The molecule has 6 aromatic rings. The van der Waals surface area contributed by atoms with Gasteiger partial charge >= 0.3 is 0 Å². The maximum Gasteiger partial charge on any atom is 0.266 e. The Morgan fingerprint density at radius 2 is 1.50 bits per heavy atom. The van der Waals surface area contributed by atoms with Crippen LogP contribution in [0.25, 0.3) is 16.6 Å². The Balaban J connectivity index is 1.30. The number of benzene rings is 5. The van der Waals surface area contributed by atoms with Gasteiger partial charge in [-0.15, -0.1) is 0 Å². The second-order valence-electron chi connectivity index (χ2n) is 10.3. The Kier molecular flexibility index (Phi) is 9.61. The molecule has 0 bridgehead atoms. The summed E-state index contributed by atoms with van der Waals surface area (Å²) in [6.07, 6.45) is 0.331. The smallest absolute Gasteiger partial charge is 0.266 e. The van der Waals surface area contributed by atoms with E-state index in [1.165, 1.54) is 0 Å². The zero-order valence-corrected chi connectivity index (χ0v) is 27.9. The number of nitrogens with one attached hydrogen (secondary N) is 3. The SMILES string of the molecule is O=C(CNc1ccc(-n2c(Cc3ccccc3Nc3c(Cl)cccc3Cl)nc3ccc(Br)cc3c2=O)cc1)Nc1ccc(Cl)cc1. The van der Waals surface area contributed by atoms with Crippen molar-refractivity contribution in [3.05, 3.63) is 150 Å². The molecule has 1 amide bonds. The van der Waals surface area contributed by atoms with Crippen LogP contribution < -0.4 is 21.5 Å². The first-order chi connectivity index (χ1) is 22.2. The van der Waals surface area contributed by atoms with E-state index in [0.29, 0.717) is 61.0 Å². The van der Waals surface area contributed by atoms with E-state index in [9.17, 15) is 9.59 Å². The number of anilines is 4. The van der Waals surface area contributed by atoms with Crippen molar-refractivity contribution in [2.75, 3.05) is 22.5 Å². The maximum absolute atomic E-state index is 14.0. The predicted molar refractivity (Wildman–Crippen MR) is 193 cm³/mol. The molecule has 0 aliphatic carbocycles. The molecule has 3 N–H and O–H groups in total. The minimum Gasteiger partial charge on any atom is -0.376 e. The molecule has 1 heterocycles. The fourth-order valence-electron chi connectivity index (χ4n) is 4.96. The van der Waals surface area contributed by atoms with Crippen molar-refractivity contribution < 1.29 is 4.79 Å². The lowest BCUT2D eigenvalue weighted by atomic mass is 10.1. The lowest BCUT2D eigenvalue weighted by Gasteiger charge is -2.17. The van der Waals surface area contributed by atoms with Gasteiger partial charge in [0.1, 0.15) is 5.82 Å². The van der Waals surface area contributed by atoms with E-state index in [0.717, 1.165) is 15.7 Å². The van der Waals surface area contributed by atoms with Crippen LogP contribution in [-0.4, -0.2) is 22.0 Å². The molecule has 0 fully saturated rings. The average molecular weight is 734 g/mol. The van der Waals surface area contributed by atoms with E-state index in [4.69, 9.17) is 39.8 Å². The molecule has 0 saturated heterocycles. The Morgan fingerprint density at radius 1 is 0.804 bits per heavy atom. The highest BCUT2D eigenvalue weighted by atomic mass is 79.9. The number of nitrogens with zero attached hydrogens (tertiary/aromatic N) is 2. The zero-order valence-electron chi connectivity index (χ0n) is 24.0. The highest BCUT2D eigenvalue weighted by molar-refractivity contribution is 9.10. The Hall–Kier alpha value is -4.34. The third-order valence-electron chi connectivity index (χ3n) is 7.19. The van der Waals surface area contributed by atoms with Gasteiger partial charge in [0.15, 0.2) is 0 Å². The second kappa shape index (κ2) is 14.0. The van der Waals surface area contributed by atoms with Gasteiger partial charge in [-0.2, -0.15) is 0 Å². The lowest BCUT2D eigenvalue weighted by molar-refractivity contribution is -0.114. The first-order valence-electron chi connectivity index (χ1n) is 14.1. The summed E-state index contributed by atoms with van der Waals surface area (Å²) >= 11 is 22.3. The predicted octanol–water partition coefficient (Wildman–Crippen LogP) is 9.49. The molecule has 5 aromatic carbocycles. The van der Waals surface area contributed by atoms with Crippen molar-refractivity contribution in [2.45, 2.75) is 6.42 Å². The molecule has 0 spiro atoms. The van der Waals surface area contributed by atoms with E-state index in [-0.39, 0.29) is 18.0 Å². The van der Waals surface area contributed by atoms with Gasteiger partial charge in [0.2, 0.25) is 5.91 Å². The highest BCUT2D eigenvalue weighted by Gasteiger charge is 2.17. The minimum absolute atomic E-state index is 0.0535. The molecule has 0 unspecified atom stereocenters. The summed E-state index contributed by atoms with van der Waals surface area (Å²) in [7, 11) is 0. The van der Waals surface area contributed by atoms with Gasteiger partial charge in [-0.05, 0) is 90.5 Å². The van der Waals surface area contributed by atoms with Gasteiger partial charge in [0.05, 0.1) is 38.9 Å². The van der Waals surface area contributed by atoms with Crippen molar-refractivity contribution >= 4 is 90.3 Å². The number of rotatable bonds is 9. The van der Waals surface area contributed by atoms with Crippen LogP contribution in [-0.2, 0) is 11.2 Å². The zero-order chi connectivity index (χ0) is 32.2. The van der Waals surface area contributed by atoms with E-state index in [1.54, 1.807) is 53.1 Å². The van der Waals surface area contributed by atoms with Crippen LogP contribution in [0.15, 0.2) is 118 Å². The van der Waals surface area contributed by atoms with Gasteiger partial charge in [0, 0.05) is 33.0 Å². The van der Waals surface area contributed by atoms with Gasteiger partial charge in [-0.1, -0.05) is 75.0 Å². The second-order valence-corrected chi connectivity index (χ2v) is 12.5. The Morgan fingerprint density at radius 3 is 2.24 bits per heavy atom. The number of amides is 1. The first-order valence-corrected chi connectivity index (χ1v) is 16.1. The summed E-state index contributed by atoms with van der Waals surface area (Å²) in [5.41, 5.74) is 4.65. The number of carbonyl (C=O) groups is 1. The van der Waals surface area contributed by atoms with Crippen LogP contribution in [0.5, 0.6) is 0 Å². The standard InChI is InChI=1S/C35H25BrCl3N5O2/c36-22-8-17-31-27(19-22)35(46)44(26-15-13-24(14-16-26)40-20-33(45)41-25-11-9-23(37)10-12-25)32(42-31)18-21-4-1-2-7-30(21)43-34-28(38)5-3-6-29(34)39/h1-17,19,40,43H,18,20H2,(H,41,45). The Bertz CT molecular complexity index is 2100. The van der Waals surface area contributed by atoms with Crippen LogP contribution >= 0.6 is 50.7 Å². The van der Waals surface area contributed by atoms with Crippen LogP contribution in [0.2, 0.25) is 15.1 Å². The van der Waals surface area contributed by atoms with Gasteiger partial charge in [0.25, 0.3) is 5.56 Å². The molecular formula is C35H25BrCl3N5O2. The molecule has 0 atom stereocenters. The van der Waals surface area contributed by atoms with E-state index < -0.39 is 0 Å². The summed E-state index contributed by atoms with van der Waals surface area (Å²) in [6, 6.07) is 32.7. The molecule has 0 radical (unpaired) electrons. The molecule has 0 aliphatic rings.